The van der Waals surface area contributed by atoms with Gasteiger partial charge in [0.1, 0.15) is 0 Å². The number of sulfonamides is 1. The molecule has 9 heteroatoms. The van der Waals surface area contributed by atoms with Crippen LogP contribution in [0.5, 0.6) is 0 Å². The van der Waals surface area contributed by atoms with Gasteiger partial charge in [0.2, 0.25) is 10.0 Å². The van der Waals surface area contributed by atoms with E-state index in [2.05, 4.69) is 6.92 Å². The van der Waals surface area contributed by atoms with Gasteiger partial charge in [-0.15, -0.1) is 0 Å². The molecule has 1 atom stereocenters. The number of ether oxygens (including phenoxy) is 1. The number of esters is 1. The molecule has 0 bridgehead atoms. The second kappa shape index (κ2) is 13.2. The molecule has 2 heterocycles. The number of carbonyl (C=O) groups excluding carboxylic acids is 1. The van der Waals surface area contributed by atoms with E-state index < -0.39 is 15.6 Å². The average molecular weight is 506 g/mol. The molecule has 2 aromatic rings. The molecule has 1 aliphatic heterocycles. The van der Waals surface area contributed by atoms with E-state index in [-0.39, 0.29) is 35.6 Å². The Labute approximate surface area is 208 Å². The molecule has 1 fully saturated rings. The molecule has 0 aliphatic carbocycles. The maximum Gasteiger partial charge on any atom is 0.307 e. The molecule has 3 rings (SSSR count). The number of unbranched alkanes of at least 4 members (excludes halogenated alkanes) is 8. The van der Waals surface area contributed by atoms with E-state index in [1.54, 1.807) is 18.2 Å². The number of nitrogens with zero attached hydrogens (tertiary/aromatic N) is 2. The first-order chi connectivity index (χ1) is 16.8. The van der Waals surface area contributed by atoms with Gasteiger partial charge in [0.25, 0.3) is 5.56 Å². The van der Waals surface area contributed by atoms with Gasteiger partial charge < -0.3 is 10.5 Å². The van der Waals surface area contributed by atoms with Crippen molar-refractivity contribution < 1.29 is 17.9 Å². The molecule has 1 aromatic heterocycles. The van der Waals surface area contributed by atoms with Crippen molar-refractivity contribution in [1.82, 2.24) is 8.87 Å². The topological polar surface area (TPSA) is 112 Å². The lowest BCUT2D eigenvalue weighted by molar-refractivity contribution is -0.147. The summed E-state index contributed by atoms with van der Waals surface area (Å²) in [6, 6.07) is 6.08. The van der Waals surface area contributed by atoms with E-state index in [4.69, 9.17) is 10.5 Å². The smallest absolute Gasteiger partial charge is 0.307 e. The highest BCUT2D eigenvalue weighted by Crippen LogP contribution is 2.26. The van der Waals surface area contributed by atoms with Crippen LogP contribution in [-0.2, 0) is 26.3 Å². The van der Waals surface area contributed by atoms with Crippen LogP contribution in [-0.4, -0.2) is 42.4 Å². The van der Waals surface area contributed by atoms with Gasteiger partial charge in [-0.25, -0.2) is 8.42 Å². The van der Waals surface area contributed by atoms with E-state index in [0.717, 1.165) is 19.3 Å². The number of nitrogens with two attached hydrogens (primary N) is 1. The number of fused-ring (bicyclic) bond motifs is 1. The van der Waals surface area contributed by atoms with Gasteiger partial charge in [-0.1, -0.05) is 64.4 Å². The Hall–Kier alpha value is -2.23. The molecule has 0 spiro atoms. The molecule has 8 nitrogen and oxygen atoms in total. The Kier molecular flexibility index (Phi) is 10.3. The number of carbonyl (C=O) groups is 1. The average Bonchev–Trinajstić information content (AvgIpc) is 3.29. The third-order valence-corrected chi connectivity index (χ3v) is 8.56. The highest BCUT2D eigenvalue weighted by molar-refractivity contribution is 7.89. The first-order valence-electron chi connectivity index (χ1n) is 12.9. The van der Waals surface area contributed by atoms with E-state index in [1.807, 2.05) is 0 Å². The minimum Gasteiger partial charge on any atom is -0.444 e. The second-order valence-corrected chi connectivity index (χ2v) is 11.4. The van der Waals surface area contributed by atoms with Gasteiger partial charge in [-0.3, -0.25) is 14.2 Å². The van der Waals surface area contributed by atoms with Crippen molar-refractivity contribution in [2.45, 2.75) is 95.2 Å². The highest BCUT2D eigenvalue weighted by atomic mass is 32.2. The van der Waals surface area contributed by atoms with Gasteiger partial charge >= 0.3 is 5.97 Å². The van der Waals surface area contributed by atoms with Crippen molar-refractivity contribution in [3.05, 3.63) is 40.8 Å². The Bertz CT molecular complexity index is 1150. The summed E-state index contributed by atoms with van der Waals surface area (Å²) in [5, 5.41) is 0.627. The third kappa shape index (κ3) is 7.38. The zero-order valence-corrected chi connectivity index (χ0v) is 21.6. The molecular weight excluding hydrogens is 466 g/mol. The monoisotopic (exact) mass is 505 g/mol. The standard InChI is InChI=1S/C26H39N3O5S/c1-2-3-4-5-6-7-8-9-10-14-25(30)34-20-28-17-16-22-23(26(28)31)12-11-13-24(22)35(32,33)29-18-15-21(27)19-29/h11-13,16-17,21H,2-10,14-15,18-20,27H2,1H3. The molecule has 1 saturated heterocycles. The summed E-state index contributed by atoms with van der Waals surface area (Å²) >= 11 is 0. The van der Waals surface area contributed by atoms with Crippen molar-refractivity contribution in [3.8, 4) is 0 Å². The summed E-state index contributed by atoms with van der Waals surface area (Å²) in [4.78, 5) is 25.2. The van der Waals surface area contributed by atoms with Crippen molar-refractivity contribution in [2.24, 2.45) is 5.73 Å². The third-order valence-electron chi connectivity index (χ3n) is 6.63. The summed E-state index contributed by atoms with van der Waals surface area (Å²) < 4.78 is 34.2. The molecule has 1 unspecified atom stereocenters. The zero-order chi connectivity index (χ0) is 25.3. The number of rotatable bonds is 14. The summed E-state index contributed by atoms with van der Waals surface area (Å²) in [5.41, 5.74) is 5.49. The molecular formula is C26H39N3O5S. The van der Waals surface area contributed by atoms with E-state index in [0.29, 0.717) is 24.8 Å². The largest absolute Gasteiger partial charge is 0.444 e. The van der Waals surface area contributed by atoms with E-state index >= 15 is 0 Å². The van der Waals surface area contributed by atoms with Gasteiger partial charge in [-0.2, -0.15) is 4.31 Å². The summed E-state index contributed by atoms with van der Waals surface area (Å²) in [6.45, 7) is 2.66. The Morgan fingerprint density at radius 3 is 2.37 bits per heavy atom. The van der Waals surface area contributed by atoms with Crippen LogP contribution in [0.4, 0.5) is 0 Å². The summed E-state index contributed by atoms with van der Waals surface area (Å²) in [6.07, 6.45) is 12.9. The fraction of sp³-hybridized carbons (Fsp3) is 0.615. The van der Waals surface area contributed by atoms with Crippen molar-refractivity contribution in [3.63, 3.8) is 0 Å². The van der Waals surface area contributed by atoms with Gasteiger partial charge in [0.15, 0.2) is 6.73 Å². The Morgan fingerprint density at radius 1 is 1.03 bits per heavy atom. The van der Waals surface area contributed by atoms with Crippen molar-refractivity contribution >= 4 is 26.8 Å². The first-order valence-corrected chi connectivity index (χ1v) is 14.3. The van der Waals surface area contributed by atoms with Crippen LogP contribution in [0, 0.1) is 0 Å². The second-order valence-electron chi connectivity index (χ2n) is 9.44. The molecule has 194 valence electrons. The zero-order valence-electron chi connectivity index (χ0n) is 20.8. The summed E-state index contributed by atoms with van der Waals surface area (Å²) in [7, 11) is -3.76. The number of pyridine rings is 1. The summed E-state index contributed by atoms with van der Waals surface area (Å²) in [5.74, 6) is -0.332. The molecule has 0 radical (unpaired) electrons. The van der Waals surface area contributed by atoms with Crippen molar-refractivity contribution in [2.75, 3.05) is 13.1 Å². The number of benzene rings is 1. The lowest BCUT2D eigenvalue weighted by Crippen LogP contribution is -2.32. The van der Waals surface area contributed by atoms with Crippen LogP contribution in [0.15, 0.2) is 40.2 Å². The van der Waals surface area contributed by atoms with Gasteiger partial charge in [0.05, 0.1) is 4.90 Å². The predicted octanol–water partition coefficient (Wildman–Crippen LogP) is 4.14. The normalized spacial score (nSPS) is 16.7. The van der Waals surface area contributed by atoms with Crippen LogP contribution in [0.1, 0.15) is 77.6 Å². The van der Waals surface area contributed by atoms with Crippen LogP contribution >= 0.6 is 0 Å². The fourth-order valence-corrected chi connectivity index (χ4v) is 6.24. The number of hydrogen-bond acceptors (Lipinski definition) is 6. The fourth-order valence-electron chi connectivity index (χ4n) is 4.52. The van der Waals surface area contributed by atoms with Crippen LogP contribution in [0.3, 0.4) is 0 Å². The minimum absolute atomic E-state index is 0.0932. The van der Waals surface area contributed by atoms with Gasteiger partial charge in [-0.05, 0) is 31.0 Å². The molecule has 1 aromatic carbocycles. The van der Waals surface area contributed by atoms with E-state index in [9.17, 15) is 18.0 Å². The van der Waals surface area contributed by atoms with Crippen LogP contribution in [0.25, 0.3) is 10.8 Å². The molecule has 0 amide bonds. The van der Waals surface area contributed by atoms with Crippen LogP contribution < -0.4 is 11.3 Å². The maximum atomic E-state index is 13.1. The Morgan fingerprint density at radius 2 is 1.71 bits per heavy atom. The lowest BCUT2D eigenvalue weighted by Gasteiger charge is -2.17. The molecule has 0 saturated carbocycles. The van der Waals surface area contributed by atoms with Crippen LogP contribution in [0.2, 0.25) is 0 Å². The quantitative estimate of drug-likeness (QED) is 0.305. The van der Waals surface area contributed by atoms with E-state index in [1.165, 1.54) is 59.7 Å². The first kappa shape index (κ1) is 27.4. The minimum atomic E-state index is -3.76. The lowest BCUT2D eigenvalue weighted by atomic mass is 10.1. The maximum absolute atomic E-state index is 13.1. The molecule has 35 heavy (non-hydrogen) atoms. The van der Waals surface area contributed by atoms with Crippen molar-refractivity contribution in [1.29, 1.82) is 0 Å². The van der Waals surface area contributed by atoms with Gasteiger partial charge in [0, 0.05) is 42.5 Å². The predicted molar refractivity (Wildman–Crippen MR) is 137 cm³/mol. The highest BCUT2D eigenvalue weighted by Gasteiger charge is 2.32. The molecule has 1 aliphatic rings. The number of aromatic nitrogens is 1. The molecule has 2 N–H and O–H groups in total. The Balaban J connectivity index is 1.53. The number of hydrogen-bond donors (Lipinski definition) is 1. The SMILES string of the molecule is CCCCCCCCCCCC(=O)OCn1ccc2c(S(=O)(=O)N3CCC(N)C3)cccc2c1=O.